The van der Waals surface area contributed by atoms with Crippen molar-refractivity contribution in [1.29, 1.82) is 0 Å². The first-order chi connectivity index (χ1) is 8.41. The summed E-state index contributed by atoms with van der Waals surface area (Å²) in [6, 6.07) is -1.25. The normalized spacial score (nSPS) is 24.5. The highest BCUT2D eigenvalue weighted by Gasteiger charge is 2.41. The number of carboxylic acids is 1. The van der Waals surface area contributed by atoms with Crippen LogP contribution in [0.4, 0.5) is 0 Å². The highest BCUT2D eigenvalue weighted by atomic mass is 16.4. The van der Waals surface area contributed by atoms with E-state index in [1.54, 1.807) is 0 Å². The summed E-state index contributed by atoms with van der Waals surface area (Å²) in [6.07, 6.45) is 0.890. The summed E-state index contributed by atoms with van der Waals surface area (Å²) < 4.78 is 0. The van der Waals surface area contributed by atoms with Crippen molar-refractivity contribution in [3.63, 3.8) is 0 Å². The molecule has 1 aliphatic rings. The van der Waals surface area contributed by atoms with E-state index in [1.807, 2.05) is 6.92 Å². The van der Waals surface area contributed by atoms with Gasteiger partial charge in [-0.05, 0) is 19.4 Å². The number of carbonyl (C=O) groups is 3. The van der Waals surface area contributed by atoms with Crippen molar-refractivity contribution in [1.82, 2.24) is 10.6 Å². The Kier molecular flexibility index (Phi) is 4.66. The van der Waals surface area contributed by atoms with Crippen molar-refractivity contribution in [2.75, 3.05) is 13.1 Å². The molecular formula is C11H19N3O4. The average molecular weight is 257 g/mol. The lowest BCUT2D eigenvalue weighted by atomic mass is 9.83. The van der Waals surface area contributed by atoms with Crippen molar-refractivity contribution in [2.45, 2.75) is 32.2 Å². The second kappa shape index (κ2) is 5.81. The molecule has 0 aromatic carbocycles. The fraction of sp³-hybridized carbons (Fsp3) is 0.727. The molecule has 7 nitrogen and oxygen atoms in total. The molecule has 0 saturated carbocycles. The molecular weight excluding hydrogens is 238 g/mol. The zero-order valence-electron chi connectivity index (χ0n) is 10.4. The molecule has 0 aromatic rings. The average Bonchev–Trinajstić information content (AvgIpc) is 2.77. The molecule has 1 rings (SSSR count). The third kappa shape index (κ3) is 3.19. The summed E-state index contributed by atoms with van der Waals surface area (Å²) in [7, 11) is 0. The third-order valence-corrected chi connectivity index (χ3v) is 3.41. The molecule has 7 heteroatoms. The summed E-state index contributed by atoms with van der Waals surface area (Å²) in [5.41, 5.74) is 4.38. The predicted molar refractivity (Wildman–Crippen MR) is 63.6 cm³/mol. The molecule has 1 fully saturated rings. The number of hydrogen-bond acceptors (Lipinski definition) is 4. The highest BCUT2D eigenvalue weighted by molar-refractivity contribution is 5.90. The largest absolute Gasteiger partial charge is 0.480 e. The van der Waals surface area contributed by atoms with Gasteiger partial charge in [0, 0.05) is 6.54 Å². The molecule has 1 aliphatic heterocycles. The number of carbonyl (C=O) groups excluding carboxylic acids is 2. The molecule has 2 amide bonds. The monoisotopic (exact) mass is 257 g/mol. The van der Waals surface area contributed by atoms with E-state index in [0.29, 0.717) is 19.4 Å². The maximum absolute atomic E-state index is 12.1. The van der Waals surface area contributed by atoms with Crippen LogP contribution in [-0.4, -0.2) is 42.0 Å². The van der Waals surface area contributed by atoms with Gasteiger partial charge in [0.1, 0.15) is 6.04 Å². The Morgan fingerprint density at radius 3 is 2.56 bits per heavy atom. The third-order valence-electron chi connectivity index (χ3n) is 3.41. The van der Waals surface area contributed by atoms with E-state index < -0.39 is 29.8 Å². The number of amides is 2. The first-order valence-electron chi connectivity index (χ1n) is 5.94. The molecule has 0 aliphatic carbocycles. The fourth-order valence-electron chi connectivity index (χ4n) is 2.11. The second-order valence-electron chi connectivity index (χ2n) is 4.60. The fourth-order valence-corrected chi connectivity index (χ4v) is 2.11. The van der Waals surface area contributed by atoms with Crippen molar-refractivity contribution >= 4 is 17.8 Å². The van der Waals surface area contributed by atoms with Gasteiger partial charge in [-0.2, -0.15) is 0 Å². The Morgan fingerprint density at radius 1 is 1.50 bits per heavy atom. The lowest BCUT2D eigenvalue weighted by Crippen LogP contribution is -2.50. The van der Waals surface area contributed by atoms with E-state index in [-0.39, 0.29) is 5.91 Å². The smallest absolute Gasteiger partial charge is 0.326 e. The van der Waals surface area contributed by atoms with Gasteiger partial charge in [-0.1, -0.05) is 6.92 Å². The maximum atomic E-state index is 12.1. The number of aliphatic carboxylic acids is 1. The van der Waals surface area contributed by atoms with Gasteiger partial charge in [0.15, 0.2) is 0 Å². The van der Waals surface area contributed by atoms with Crippen molar-refractivity contribution in [3.05, 3.63) is 0 Å². The second-order valence-corrected chi connectivity index (χ2v) is 4.60. The molecule has 0 bridgehead atoms. The molecule has 5 N–H and O–H groups in total. The van der Waals surface area contributed by atoms with E-state index in [4.69, 9.17) is 10.8 Å². The lowest BCUT2D eigenvalue weighted by molar-refractivity contribution is -0.145. The lowest BCUT2D eigenvalue weighted by Gasteiger charge is -2.27. The molecule has 2 atom stereocenters. The van der Waals surface area contributed by atoms with Crippen molar-refractivity contribution < 1.29 is 19.5 Å². The molecule has 18 heavy (non-hydrogen) atoms. The van der Waals surface area contributed by atoms with Crippen LogP contribution in [0.25, 0.3) is 0 Å². The Morgan fingerprint density at radius 2 is 2.17 bits per heavy atom. The van der Waals surface area contributed by atoms with Gasteiger partial charge in [-0.3, -0.25) is 9.59 Å². The molecule has 102 valence electrons. The maximum Gasteiger partial charge on any atom is 0.326 e. The van der Waals surface area contributed by atoms with E-state index in [0.717, 1.165) is 6.54 Å². The summed E-state index contributed by atoms with van der Waals surface area (Å²) in [4.78, 5) is 33.8. The number of primary amides is 1. The summed E-state index contributed by atoms with van der Waals surface area (Å²) >= 11 is 0. The van der Waals surface area contributed by atoms with Crippen LogP contribution >= 0.6 is 0 Å². The molecule has 1 unspecified atom stereocenters. The minimum absolute atomic E-state index is 0.330. The van der Waals surface area contributed by atoms with E-state index in [9.17, 15) is 14.4 Å². The number of hydrogen-bond donors (Lipinski definition) is 4. The number of nitrogens with two attached hydrogens (primary N) is 1. The molecule has 1 heterocycles. The van der Waals surface area contributed by atoms with E-state index in [1.165, 1.54) is 0 Å². The minimum Gasteiger partial charge on any atom is -0.480 e. The Hall–Kier alpha value is -1.63. The molecule has 1 saturated heterocycles. The van der Waals surface area contributed by atoms with Gasteiger partial charge in [0.2, 0.25) is 11.8 Å². The van der Waals surface area contributed by atoms with Crippen molar-refractivity contribution in [2.24, 2.45) is 11.1 Å². The van der Waals surface area contributed by atoms with Gasteiger partial charge >= 0.3 is 5.97 Å². The van der Waals surface area contributed by atoms with Crippen LogP contribution in [0.15, 0.2) is 0 Å². The first kappa shape index (κ1) is 14.4. The van der Waals surface area contributed by atoms with Crippen LogP contribution in [0, 0.1) is 5.41 Å². The van der Waals surface area contributed by atoms with Crippen LogP contribution in [0.1, 0.15) is 26.2 Å². The van der Waals surface area contributed by atoms with E-state index >= 15 is 0 Å². The van der Waals surface area contributed by atoms with Crippen LogP contribution in [-0.2, 0) is 14.4 Å². The van der Waals surface area contributed by atoms with Gasteiger partial charge in [0.25, 0.3) is 0 Å². The van der Waals surface area contributed by atoms with Crippen molar-refractivity contribution in [3.8, 4) is 0 Å². The van der Waals surface area contributed by atoms with Gasteiger partial charge in [-0.15, -0.1) is 0 Å². The number of nitrogens with one attached hydrogen (secondary N) is 2. The van der Waals surface area contributed by atoms with Crippen LogP contribution < -0.4 is 16.4 Å². The number of carboxylic acid groups (broad SMARTS) is 1. The summed E-state index contributed by atoms with van der Waals surface area (Å²) in [6.45, 7) is 3.14. The minimum atomic E-state index is -1.25. The first-order valence-corrected chi connectivity index (χ1v) is 5.94. The van der Waals surface area contributed by atoms with Crippen LogP contribution in [0.3, 0.4) is 0 Å². The quantitative estimate of drug-likeness (QED) is 0.477. The van der Waals surface area contributed by atoms with Gasteiger partial charge in [0.05, 0.1) is 11.8 Å². The Labute approximate surface area is 105 Å². The van der Waals surface area contributed by atoms with Gasteiger partial charge < -0.3 is 21.5 Å². The molecule has 0 radical (unpaired) electrons. The van der Waals surface area contributed by atoms with Gasteiger partial charge in [-0.25, -0.2) is 4.79 Å². The Balaban J connectivity index is 2.71. The predicted octanol–water partition coefficient (Wildman–Crippen LogP) is -1.18. The zero-order chi connectivity index (χ0) is 13.8. The molecule has 0 spiro atoms. The zero-order valence-corrected chi connectivity index (χ0v) is 10.4. The SMILES string of the molecule is CCC1(C(=O)N[C@H](CC(N)=O)C(=O)O)CCNC1. The highest BCUT2D eigenvalue weighted by Crippen LogP contribution is 2.29. The number of rotatable bonds is 6. The van der Waals surface area contributed by atoms with E-state index in [2.05, 4.69) is 10.6 Å². The summed E-state index contributed by atoms with van der Waals surface area (Å²) in [5, 5.41) is 14.4. The standard InChI is InChI=1S/C11H19N3O4/c1-2-11(3-4-13-6-11)10(18)14-7(9(16)17)5-8(12)15/h7,13H,2-6H2,1H3,(H2,12,15)(H,14,18)(H,16,17)/t7-,11?/m1/s1. The van der Waals surface area contributed by atoms with Crippen LogP contribution in [0.5, 0.6) is 0 Å². The summed E-state index contributed by atoms with van der Waals surface area (Å²) in [5.74, 6) is -2.33. The van der Waals surface area contributed by atoms with Crippen LogP contribution in [0.2, 0.25) is 0 Å². The Bertz CT molecular complexity index is 350. The topological polar surface area (TPSA) is 122 Å². The molecule has 0 aromatic heterocycles.